The van der Waals surface area contributed by atoms with Gasteiger partial charge in [-0.1, -0.05) is 334 Å². The topological polar surface area (TPSA) is 87.2 Å². The molecule has 0 spiro atoms. The molecule has 4 heterocycles. The van der Waals surface area contributed by atoms with Crippen LogP contribution in [-0.2, 0) is 0 Å². The molecule has 530 valence electrons. The van der Waals surface area contributed by atoms with Crippen LogP contribution in [0, 0.1) is 0 Å². The highest BCUT2D eigenvalue weighted by Gasteiger charge is 2.25. The van der Waals surface area contributed by atoms with Crippen LogP contribution in [0.2, 0.25) is 0 Å². The monoisotopic (exact) mass is 1450 g/mol. The molecule has 114 heavy (non-hydrogen) atoms. The molecular formula is C106H66N8. The van der Waals surface area contributed by atoms with Crippen molar-refractivity contribution in [1.29, 1.82) is 0 Å². The lowest BCUT2D eigenvalue weighted by atomic mass is 9.92. The number of benzene rings is 19. The average Bonchev–Trinajstić information content (AvgIpc) is 1.56. The van der Waals surface area contributed by atoms with Gasteiger partial charge in [-0.25, -0.2) is 29.9 Å². The molecule has 0 aliphatic heterocycles. The molecule has 0 aliphatic rings. The van der Waals surface area contributed by atoms with Gasteiger partial charge in [-0.2, -0.15) is 0 Å². The van der Waals surface area contributed by atoms with E-state index in [0.717, 1.165) is 99.5 Å². The van der Waals surface area contributed by atoms with Crippen molar-refractivity contribution in [3.63, 3.8) is 0 Å². The van der Waals surface area contributed by atoms with Crippen LogP contribution in [0.4, 0.5) is 0 Å². The Morgan fingerprint density at radius 3 is 0.895 bits per heavy atom. The summed E-state index contributed by atoms with van der Waals surface area (Å²) in [7, 11) is 0. The van der Waals surface area contributed by atoms with Crippen molar-refractivity contribution in [3.8, 4) is 102 Å². The van der Waals surface area contributed by atoms with Gasteiger partial charge in [0.2, 0.25) is 0 Å². The predicted octanol–water partition coefficient (Wildman–Crippen LogP) is 27.3. The van der Waals surface area contributed by atoms with Crippen molar-refractivity contribution >= 4 is 119 Å². The Hall–Kier alpha value is -15.4. The summed E-state index contributed by atoms with van der Waals surface area (Å²) in [6.07, 6.45) is 0. The van der Waals surface area contributed by atoms with Gasteiger partial charge in [0.05, 0.1) is 22.1 Å². The molecule has 0 aliphatic carbocycles. The highest BCUT2D eigenvalue weighted by Crippen LogP contribution is 2.46. The van der Waals surface area contributed by atoms with Crippen molar-refractivity contribution in [2.45, 2.75) is 0 Å². The van der Waals surface area contributed by atoms with Crippen LogP contribution in [0.3, 0.4) is 0 Å². The Morgan fingerprint density at radius 2 is 0.447 bits per heavy atom. The minimum Gasteiger partial charge on any atom is -0.309 e. The van der Waals surface area contributed by atoms with Crippen molar-refractivity contribution in [1.82, 2.24) is 39.0 Å². The molecule has 0 unspecified atom stereocenters. The largest absolute Gasteiger partial charge is 0.309 e. The lowest BCUT2D eigenvalue weighted by Gasteiger charge is -2.14. The van der Waals surface area contributed by atoms with Gasteiger partial charge in [0.1, 0.15) is 0 Å². The van der Waals surface area contributed by atoms with Gasteiger partial charge in [-0.3, -0.25) is 0 Å². The number of hydrogen-bond donors (Lipinski definition) is 0. The molecule has 0 atom stereocenters. The highest BCUT2D eigenvalue weighted by molar-refractivity contribution is 6.28. The molecule has 0 N–H and O–H groups in total. The number of fused-ring (bicyclic) bond motifs is 19. The molecule has 0 saturated carbocycles. The van der Waals surface area contributed by atoms with E-state index in [9.17, 15) is 0 Å². The fraction of sp³-hybridized carbons (Fsp3) is 0. The molecule has 8 heteroatoms. The normalized spacial score (nSPS) is 11.7. The summed E-state index contributed by atoms with van der Waals surface area (Å²) in [5.74, 6) is 3.84. The van der Waals surface area contributed by atoms with Crippen LogP contribution >= 0.6 is 0 Å². The van der Waals surface area contributed by atoms with E-state index < -0.39 is 0 Å². The lowest BCUT2D eigenvalue weighted by molar-refractivity contribution is 1.08. The first-order chi connectivity index (χ1) is 56.5. The van der Waals surface area contributed by atoms with Gasteiger partial charge in [-0.05, 0) is 164 Å². The third-order valence-electron chi connectivity index (χ3n) is 22.6. The number of aromatic nitrogens is 8. The summed E-state index contributed by atoms with van der Waals surface area (Å²) in [6, 6.07) is 142. The molecule has 0 fully saturated rings. The Balaban J connectivity index is 0.000000139. The summed E-state index contributed by atoms with van der Waals surface area (Å²) in [5.41, 5.74) is 17.0. The maximum atomic E-state index is 5.23. The van der Waals surface area contributed by atoms with Crippen molar-refractivity contribution in [2.75, 3.05) is 0 Å². The molecule has 0 bridgehead atoms. The van der Waals surface area contributed by atoms with E-state index >= 15 is 0 Å². The molecule has 23 aromatic rings. The maximum Gasteiger partial charge on any atom is 0.164 e. The van der Waals surface area contributed by atoms with E-state index in [0.29, 0.717) is 34.9 Å². The minimum absolute atomic E-state index is 0.633. The van der Waals surface area contributed by atoms with Crippen LogP contribution in [0.1, 0.15) is 0 Å². The van der Waals surface area contributed by atoms with Gasteiger partial charge in [-0.15, -0.1) is 0 Å². The number of para-hydroxylation sites is 1. The smallest absolute Gasteiger partial charge is 0.164 e. The summed E-state index contributed by atoms with van der Waals surface area (Å²) in [6.45, 7) is 0. The Labute approximate surface area is 656 Å². The van der Waals surface area contributed by atoms with E-state index in [-0.39, 0.29) is 0 Å². The summed E-state index contributed by atoms with van der Waals surface area (Å²) >= 11 is 0. The van der Waals surface area contributed by atoms with Crippen molar-refractivity contribution < 1.29 is 0 Å². The van der Waals surface area contributed by atoms with Gasteiger partial charge in [0, 0.05) is 66.3 Å². The van der Waals surface area contributed by atoms with Crippen LogP contribution in [-0.4, -0.2) is 39.0 Å². The lowest BCUT2D eigenvalue weighted by Crippen LogP contribution is -2.00. The molecule has 0 radical (unpaired) electrons. The van der Waals surface area contributed by atoms with Crippen LogP contribution in [0.15, 0.2) is 400 Å². The third kappa shape index (κ3) is 11.1. The molecule has 0 amide bonds. The highest BCUT2D eigenvalue weighted by atomic mass is 15.1. The molecule has 23 rings (SSSR count). The second-order valence-electron chi connectivity index (χ2n) is 29.1. The zero-order valence-corrected chi connectivity index (χ0v) is 61.7. The van der Waals surface area contributed by atoms with Gasteiger partial charge >= 0.3 is 0 Å². The van der Waals surface area contributed by atoms with E-state index in [2.05, 4.69) is 337 Å². The first-order valence-corrected chi connectivity index (χ1v) is 38.6. The van der Waals surface area contributed by atoms with Crippen LogP contribution in [0.25, 0.3) is 221 Å². The zero-order valence-electron chi connectivity index (χ0n) is 61.7. The first kappa shape index (κ1) is 65.7. The molecule has 19 aromatic carbocycles. The summed E-state index contributed by atoms with van der Waals surface area (Å²) < 4.78 is 4.78. The Morgan fingerprint density at radius 1 is 0.149 bits per heavy atom. The third-order valence-corrected chi connectivity index (χ3v) is 22.6. The second-order valence-corrected chi connectivity index (χ2v) is 29.1. The van der Waals surface area contributed by atoms with E-state index in [1.54, 1.807) is 0 Å². The van der Waals surface area contributed by atoms with Crippen molar-refractivity contribution in [3.05, 3.63) is 400 Å². The molecule has 0 saturated heterocycles. The molecular weight excluding hydrogens is 1390 g/mol. The quantitative estimate of drug-likeness (QED) is 0.127. The van der Waals surface area contributed by atoms with E-state index in [1.807, 2.05) is 72.8 Å². The van der Waals surface area contributed by atoms with Gasteiger partial charge in [0.25, 0.3) is 0 Å². The maximum absolute atomic E-state index is 5.23. The number of nitrogens with zero attached hydrogens (tertiary/aromatic N) is 8. The first-order valence-electron chi connectivity index (χ1n) is 38.6. The fourth-order valence-electron chi connectivity index (χ4n) is 17.5. The number of hydrogen-bond acceptors (Lipinski definition) is 6. The summed E-state index contributed by atoms with van der Waals surface area (Å²) in [5, 5.41) is 22.0. The van der Waals surface area contributed by atoms with Gasteiger partial charge in [0.15, 0.2) is 34.9 Å². The fourth-order valence-corrected chi connectivity index (χ4v) is 17.5. The van der Waals surface area contributed by atoms with Crippen LogP contribution < -0.4 is 0 Å². The SMILES string of the molecule is c1ccc(-c2nc(-c3ccccc3)nc(-c3cccc4c3c3cc(-c5ccc6c7ccccc7c7ccccc7c6c5)ccc3n4-c3ccccc3)n2)cc1.c1ccc(-c2nc(-c3ccccc3)nc(-c3cccc4c3c3cc(-c5cccc6ccccc56)ccc3n4-c3ccc4c5ccccc5c5ccccc5c4c3)n2)cc1. The summed E-state index contributed by atoms with van der Waals surface area (Å²) in [4.78, 5) is 30.8. The van der Waals surface area contributed by atoms with E-state index in [1.165, 1.54) is 86.5 Å². The number of rotatable bonds is 10. The Bertz CT molecular complexity index is 7580. The van der Waals surface area contributed by atoms with Gasteiger partial charge < -0.3 is 9.13 Å². The predicted molar refractivity (Wildman–Crippen MR) is 474 cm³/mol. The molecule has 8 nitrogen and oxygen atoms in total. The molecule has 4 aromatic heterocycles. The second kappa shape index (κ2) is 27.3. The van der Waals surface area contributed by atoms with Crippen LogP contribution in [0.5, 0.6) is 0 Å². The minimum atomic E-state index is 0.633. The Kier molecular flexibility index (Phi) is 15.7. The zero-order chi connectivity index (χ0) is 75.2. The van der Waals surface area contributed by atoms with Crippen molar-refractivity contribution in [2.24, 2.45) is 0 Å². The average molecular weight is 1450 g/mol. The van der Waals surface area contributed by atoms with E-state index in [4.69, 9.17) is 29.9 Å². The standard InChI is InChI=1S/C55H34N4.C51H32N4/c1-3-16-36(17-4-1)53-56-54(37-18-5-2-6-19-37)58-55(57-53)47-27-14-28-51-52(47)49-33-38(41-26-13-20-35-15-7-8-21-40(35)41)29-32-50(49)59(51)39-30-31-46-44-24-10-9-22-42(44)43-23-11-12-25-45(43)48(46)34-39;1-4-15-33(16-5-1)49-52-50(34-17-6-2-7-18-34)54-51(53-49)43-25-14-26-47-48(43)45-32-36(28-30-46(45)55(47)37-19-8-3-9-20-37)35-27-29-42-40-23-11-10-21-38(40)39-22-12-13-24-41(39)44(42)31-35/h1-34H;1-32H.